The zero-order valence-electron chi connectivity index (χ0n) is 13.6. The first kappa shape index (κ1) is 16.9. The molecule has 1 heterocycles. The van der Waals surface area contributed by atoms with E-state index >= 15 is 0 Å². The van der Waals surface area contributed by atoms with Crippen molar-refractivity contribution >= 4 is 11.8 Å². The predicted octanol–water partition coefficient (Wildman–Crippen LogP) is 4.59. The van der Waals surface area contributed by atoms with Crippen molar-refractivity contribution in [3.8, 4) is 0 Å². The Kier molecular flexibility index (Phi) is 6.59. The van der Waals surface area contributed by atoms with Crippen LogP contribution >= 0.6 is 11.8 Å². The van der Waals surface area contributed by atoms with Gasteiger partial charge in [-0.05, 0) is 29.1 Å². The third-order valence-electron chi connectivity index (χ3n) is 4.71. The first-order chi connectivity index (χ1) is 10.1. The standard InChI is InChI=1S/C18H28O2S/c1-5-21-18-15(4)13(2)14(3)17(20-18)12-19-11-16-9-7-6-8-10-16/h6-10,13-15,17-18H,5,11-12H2,1-4H3/t13-,14-,15?,17?,18-/m0/s1. The zero-order valence-corrected chi connectivity index (χ0v) is 14.4. The first-order valence-corrected chi connectivity index (χ1v) is 9.07. The Hall–Kier alpha value is -0.510. The highest BCUT2D eigenvalue weighted by Crippen LogP contribution is 2.39. The lowest BCUT2D eigenvalue weighted by Gasteiger charge is -2.43. The van der Waals surface area contributed by atoms with Crippen LogP contribution in [0.4, 0.5) is 0 Å². The largest absolute Gasteiger partial charge is 0.374 e. The molecule has 0 amide bonds. The van der Waals surface area contributed by atoms with Gasteiger partial charge in [0.15, 0.2) is 0 Å². The molecule has 1 aliphatic rings. The summed E-state index contributed by atoms with van der Waals surface area (Å²) >= 11 is 1.92. The van der Waals surface area contributed by atoms with E-state index in [1.54, 1.807) is 0 Å². The van der Waals surface area contributed by atoms with Crippen LogP contribution in [0.15, 0.2) is 30.3 Å². The van der Waals surface area contributed by atoms with Crippen LogP contribution in [-0.4, -0.2) is 23.9 Å². The maximum atomic E-state index is 6.30. The van der Waals surface area contributed by atoms with Crippen molar-refractivity contribution in [3.63, 3.8) is 0 Å². The molecule has 1 fully saturated rings. The minimum absolute atomic E-state index is 0.212. The lowest BCUT2D eigenvalue weighted by molar-refractivity contribution is -0.125. The molecule has 2 rings (SSSR count). The molecule has 0 N–H and O–H groups in total. The van der Waals surface area contributed by atoms with Gasteiger partial charge in [0.2, 0.25) is 0 Å². The van der Waals surface area contributed by atoms with E-state index in [1.807, 2.05) is 17.8 Å². The number of hydrogen-bond acceptors (Lipinski definition) is 3. The van der Waals surface area contributed by atoms with Gasteiger partial charge < -0.3 is 9.47 Å². The molecule has 1 aromatic carbocycles. The summed E-state index contributed by atoms with van der Waals surface area (Å²) in [4.78, 5) is 0. The normalized spacial score (nSPS) is 33.0. The van der Waals surface area contributed by atoms with Gasteiger partial charge in [-0.2, -0.15) is 0 Å². The van der Waals surface area contributed by atoms with Crippen molar-refractivity contribution in [2.24, 2.45) is 17.8 Å². The molecule has 0 aliphatic carbocycles. The summed E-state index contributed by atoms with van der Waals surface area (Å²) in [6.07, 6.45) is 0.212. The van der Waals surface area contributed by atoms with E-state index in [1.165, 1.54) is 5.56 Å². The van der Waals surface area contributed by atoms with Crippen molar-refractivity contribution in [1.29, 1.82) is 0 Å². The Balaban J connectivity index is 1.86. The van der Waals surface area contributed by atoms with Crippen LogP contribution in [0.1, 0.15) is 33.3 Å². The SMILES string of the molecule is CCS[C@@H]1OC(COCc2ccccc2)[C@@H](C)[C@H](C)C1C. The number of thioether (sulfide) groups is 1. The molecule has 0 aromatic heterocycles. The number of ether oxygens (including phenoxy) is 2. The summed E-state index contributed by atoms with van der Waals surface area (Å²) < 4.78 is 12.2. The predicted molar refractivity (Wildman–Crippen MR) is 90.4 cm³/mol. The van der Waals surface area contributed by atoms with Crippen LogP contribution in [0.25, 0.3) is 0 Å². The maximum absolute atomic E-state index is 6.30. The molecule has 21 heavy (non-hydrogen) atoms. The molecule has 0 radical (unpaired) electrons. The molecule has 118 valence electrons. The highest BCUT2D eigenvalue weighted by molar-refractivity contribution is 7.99. The summed E-state index contributed by atoms with van der Waals surface area (Å²) in [5.41, 5.74) is 1.54. The molecular weight excluding hydrogens is 280 g/mol. The molecule has 2 nitrogen and oxygen atoms in total. The summed E-state index contributed by atoms with van der Waals surface area (Å²) in [7, 11) is 0. The van der Waals surface area contributed by atoms with Crippen LogP contribution < -0.4 is 0 Å². The van der Waals surface area contributed by atoms with E-state index < -0.39 is 0 Å². The molecule has 0 bridgehead atoms. The van der Waals surface area contributed by atoms with Crippen molar-refractivity contribution in [3.05, 3.63) is 35.9 Å². The van der Waals surface area contributed by atoms with Gasteiger partial charge in [0, 0.05) is 0 Å². The topological polar surface area (TPSA) is 18.5 Å². The van der Waals surface area contributed by atoms with Crippen LogP contribution in [0, 0.1) is 17.8 Å². The van der Waals surface area contributed by atoms with Gasteiger partial charge in [0.25, 0.3) is 0 Å². The monoisotopic (exact) mass is 308 g/mol. The lowest BCUT2D eigenvalue weighted by atomic mass is 9.80. The second-order valence-corrected chi connectivity index (χ2v) is 7.45. The fourth-order valence-electron chi connectivity index (χ4n) is 2.90. The van der Waals surface area contributed by atoms with Crippen molar-refractivity contribution in [1.82, 2.24) is 0 Å². The van der Waals surface area contributed by atoms with E-state index in [9.17, 15) is 0 Å². The zero-order chi connectivity index (χ0) is 15.2. The summed E-state index contributed by atoms with van der Waals surface area (Å²) in [6, 6.07) is 10.3. The smallest absolute Gasteiger partial charge is 0.106 e. The van der Waals surface area contributed by atoms with Crippen LogP contribution in [0.5, 0.6) is 0 Å². The Morgan fingerprint density at radius 2 is 1.76 bits per heavy atom. The van der Waals surface area contributed by atoms with Crippen LogP contribution in [0.2, 0.25) is 0 Å². The fraction of sp³-hybridized carbons (Fsp3) is 0.667. The van der Waals surface area contributed by atoms with Crippen LogP contribution in [-0.2, 0) is 16.1 Å². The summed E-state index contributed by atoms with van der Waals surface area (Å²) in [6.45, 7) is 10.5. The van der Waals surface area contributed by atoms with Gasteiger partial charge in [0.1, 0.15) is 5.44 Å². The Labute approximate surface area is 133 Å². The van der Waals surface area contributed by atoms with E-state index in [2.05, 4.69) is 52.0 Å². The van der Waals surface area contributed by atoms with E-state index in [0.29, 0.717) is 36.4 Å². The Morgan fingerprint density at radius 1 is 1.05 bits per heavy atom. The number of rotatable bonds is 6. The quantitative estimate of drug-likeness (QED) is 0.766. The number of hydrogen-bond donors (Lipinski definition) is 0. The first-order valence-electron chi connectivity index (χ1n) is 8.02. The van der Waals surface area contributed by atoms with E-state index in [-0.39, 0.29) is 6.10 Å². The highest BCUT2D eigenvalue weighted by atomic mass is 32.2. The maximum Gasteiger partial charge on any atom is 0.106 e. The van der Waals surface area contributed by atoms with E-state index in [0.717, 1.165) is 5.75 Å². The lowest BCUT2D eigenvalue weighted by Crippen LogP contribution is -2.45. The number of benzene rings is 1. The average molecular weight is 308 g/mol. The summed E-state index contributed by atoms with van der Waals surface area (Å²) in [5, 5.41) is 0. The molecule has 2 unspecified atom stereocenters. The van der Waals surface area contributed by atoms with Crippen LogP contribution in [0.3, 0.4) is 0 Å². The fourth-order valence-corrected chi connectivity index (χ4v) is 4.00. The minimum Gasteiger partial charge on any atom is -0.374 e. The molecule has 1 aliphatic heterocycles. The second kappa shape index (κ2) is 8.21. The van der Waals surface area contributed by atoms with Crippen molar-refractivity contribution in [2.75, 3.05) is 12.4 Å². The molecule has 0 saturated carbocycles. The Bertz CT molecular complexity index is 409. The van der Waals surface area contributed by atoms with Gasteiger partial charge in [-0.15, -0.1) is 11.8 Å². The Morgan fingerprint density at radius 3 is 2.43 bits per heavy atom. The molecular formula is C18H28O2S. The minimum atomic E-state index is 0.212. The van der Waals surface area contributed by atoms with Crippen molar-refractivity contribution in [2.45, 2.75) is 45.8 Å². The molecule has 1 aromatic rings. The molecule has 3 heteroatoms. The van der Waals surface area contributed by atoms with E-state index in [4.69, 9.17) is 9.47 Å². The summed E-state index contributed by atoms with van der Waals surface area (Å²) in [5.74, 6) is 2.93. The van der Waals surface area contributed by atoms with Gasteiger partial charge in [-0.3, -0.25) is 0 Å². The molecule has 1 saturated heterocycles. The second-order valence-electron chi connectivity index (χ2n) is 6.08. The van der Waals surface area contributed by atoms with Gasteiger partial charge in [-0.25, -0.2) is 0 Å². The van der Waals surface area contributed by atoms with Gasteiger partial charge in [0.05, 0.1) is 19.3 Å². The van der Waals surface area contributed by atoms with Gasteiger partial charge in [-0.1, -0.05) is 58.0 Å². The molecule has 0 spiro atoms. The van der Waals surface area contributed by atoms with Gasteiger partial charge >= 0.3 is 0 Å². The highest BCUT2D eigenvalue weighted by Gasteiger charge is 2.38. The third-order valence-corrected chi connectivity index (χ3v) is 5.91. The molecule has 5 atom stereocenters. The van der Waals surface area contributed by atoms with Crippen molar-refractivity contribution < 1.29 is 9.47 Å². The third kappa shape index (κ3) is 4.48. The average Bonchev–Trinajstić information content (AvgIpc) is 2.51.